The molecule has 0 radical (unpaired) electrons. The zero-order valence-electron chi connectivity index (χ0n) is 17.1. The van der Waals surface area contributed by atoms with Gasteiger partial charge in [0.2, 0.25) is 0 Å². The molecular weight excluding hydrogens is 412 g/mol. The van der Waals surface area contributed by atoms with Gasteiger partial charge in [-0.3, -0.25) is 0 Å². The quantitative estimate of drug-likeness (QED) is 0.417. The van der Waals surface area contributed by atoms with E-state index in [-0.39, 0.29) is 22.2 Å². The highest BCUT2D eigenvalue weighted by Crippen LogP contribution is 2.40. The molecule has 0 aliphatic heterocycles. The number of nitrogen functional groups attached to an aromatic ring is 1. The first kappa shape index (κ1) is 22.0. The molecule has 156 valence electrons. The summed E-state index contributed by atoms with van der Waals surface area (Å²) in [5.74, 6) is 1.34. The predicted octanol–water partition coefficient (Wildman–Crippen LogP) is 3.74. The van der Waals surface area contributed by atoms with E-state index < -0.39 is 0 Å². The second-order valence-corrected chi connectivity index (χ2v) is 7.71. The number of aromatic nitrogens is 3. The average molecular weight is 433 g/mol. The maximum atomic E-state index is 9.93. The number of ether oxygens (including phenoxy) is 2. The number of pyridine rings is 1. The molecule has 8 nitrogen and oxygen atoms in total. The fourth-order valence-electron chi connectivity index (χ4n) is 2.87. The number of rotatable bonds is 8. The Hall–Kier alpha value is -3.66. The number of anilines is 1. The molecule has 0 spiro atoms. The summed E-state index contributed by atoms with van der Waals surface area (Å²) >= 11 is 1.32. The second kappa shape index (κ2) is 10.4. The van der Waals surface area contributed by atoms with Crippen LogP contribution in [0.4, 0.5) is 5.82 Å². The molecule has 2 N–H and O–H groups in total. The van der Waals surface area contributed by atoms with Crippen LogP contribution in [0.15, 0.2) is 47.8 Å². The van der Waals surface area contributed by atoms with Gasteiger partial charge in [-0.2, -0.15) is 10.5 Å². The molecule has 0 bridgehead atoms. The van der Waals surface area contributed by atoms with Crippen molar-refractivity contribution >= 4 is 17.6 Å². The van der Waals surface area contributed by atoms with Gasteiger partial charge >= 0.3 is 0 Å². The smallest absolute Gasteiger partial charge is 0.143 e. The average Bonchev–Trinajstić information content (AvgIpc) is 2.80. The molecule has 2 aromatic heterocycles. The summed E-state index contributed by atoms with van der Waals surface area (Å²) in [6, 6.07) is 13.1. The molecule has 0 aliphatic rings. The molecule has 1 aromatic carbocycles. The van der Waals surface area contributed by atoms with Crippen LogP contribution < -0.4 is 10.5 Å². The molecule has 0 saturated carbocycles. The zero-order valence-corrected chi connectivity index (χ0v) is 17.9. The fraction of sp³-hybridized carbons (Fsp3) is 0.227. The number of nitriles is 2. The van der Waals surface area contributed by atoms with E-state index in [2.05, 4.69) is 27.1 Å². The Morgan fingerprint density at radius 2 is 1.74 bits per heavy atom. The van der Waals surface area contributed by atoms with Crippen molar-refractivity contribution in [1.82, 2.24) is 15.0 Å². The van der Waals surface area contributed by atoms with Crippen LogP contribution in [0.2, 0.25) is 0 Å². The Morgan fingerprint density at radius 3 is 2.35 bits per heavy atom. The van der Waals surface area contributed by atoms with E-state index >= 15 is 0 Å². The van der Waals surface area contributed by atoms with Gasteiger partial charge in [-0.05, 0) is 30.7 Å². The van der Waals surface area contributed by atoms with Gasteiger partial charge in [0.05, 0.1) is 17.4 Å². The normalized spacial score (nSPS) is 11.4. The number of nitrogens with zero attached hydrogens (tertiary/aromatic N) is 5. The second-order valence-electron chi connectivity index (χ2n) is 6.38. The summed E-state index contributed by atoms with van der Waals surface area (Å²) in [6.07, 6.45) is 3.32. The van der Waals surface area contributed by atoms with Crippen LogP contribution in [0.25, 0.3) is 11.1 Å². The Kier molecular flexibility index (Phi) is 7.39. The molecular formula is C22H20N6O2S. The van der Waals surface area contributed by atoms with Crippen LogP contribution in [0, 0.1) is 22.7 Å². The molecule has 3 aromatic rings. The van der Waals surface area contributed by atoms with E-state index in [1.807, 2.05) is 6.92 Å². The molecule has 1 unspecified atom stereocenters. The molecule has 1 atom stereocenters. The third-order valence-electron chi connectivity index (χ3n) is 4.35. The Labute approximate surface area is 184 Å². The Morgan fingerprint density at radius 1 is 1.06 bits per heavy atom. The maximum absolute atomic E-state index is 9.93. The molecule has 0 saturated heterocycles. The molecule has 0 amide bonds. The summed E-state index contributed by atoms with van der Waals surface area (Å²) in [7, 11) is 1.60. The van der Waals surface area contributed by atoms with E-state index in [0.29, 0.717) is 40.9 Å². The number of hydrogen-bond acceptors (Lipinski definition) is 9. The van der Waals surface area contributed by atoms with E-state index in [1.165, 1.54) is 11.8 Å². The lowest BCUT2D eigenvalue weighted by Crippen LogP contribution is -2.05. The lowest BCUT2D eigenvalue weighted by molar-refractivity contribution is 0.146. The largest absolute Gasteiger partial charge is 0.491 e. The standard InChI is InChI=1S/C22H20N6O2S/c1-14(21-26-8-3-9-27-21)31-22-18(13-24)19(17(12-23)20(25)28-22)15-4-6-16(7-5-15)30-11-10-29-2/h3-9,14H,10-11H2,1-2H3,(H2,25,28). The lowest BCUT2D eigenvalue weighted by Gasteiger charge is -2.15. The van der Waals surface area contributed by atoms with Gasteiger partial charge in [0, 0.05) is 25.1 Å². The van der Waals surface area contributed by atoms with Crippen molar-refractivity contribution in [3.05, 3.63) is 59.7 Å². The van der Waals surface area contributed by atoms with E-state index in [9.17, 15) is 10.5 Å². The van der Waals surface area contributed by atoms with E-state index in [1.54, 1.807) is 49.8 Å². The zero-order chi connectivity index (χ0) is 22.2. The summed E-state index contributed by atoms with van der Waals surface area (Å²) in [4.78, 5) is 12.9. The molecule has 31 heavy (non-hydrogen) atoms. The summed E-state index contributed by atoms with van der Waals surface area (Å²) in [6.45, 7) is 2.82. The van der Waals surface area contributed by atoms with Crippen LogP contribution in [0.3, 0.4) is 0 Å². The minimum absolute atomic E-state index is 0.0700. The van der Waals surface area contributed by atoms with Crippen LogP contribution in [0.5, 0.6) is 5.75 Å². The number of hydrogen-bond donors (Lipinski definition) is 1. The van der Waals surface area contributed by atoms with Crippen LogP contribution in [0.1, 0.15) is 29.1 Å². The van der Waals surface area contributed by atoms with E-state index in [4.69, 9.17) is 15.2 Å². The Balaban J connectivity index is 2.01. The summed E-state index contributed by atoms with van der Waals surface area (Å²) < 4.78 is 10.6. The maximum Gasteiger partial charge on any atom is 0.143 e. The SMILES string of the molecule is COCCOc1ccc(-c2c(C#N)c(N)nc(SC(C)c3ncccn3)c2C#N)cc1. The predicted molar refractivity (Wildman–Crippen MR) is 117 cm³/mol. The number of methoxy groups -OCH3 is 1. The summed E-state index contributed by atoms with van der Waals surface area (Å²) in [5, 5.41) is 19.9. The highest BCUT2D eigenvalue weighted by molar-refractivity contribution is 7.99. The van der Waals surface area contributed by atoms with Crippen molar-refractivity contribution in [3.8, 4) is 29.0 Å². The highest BCUT2D eigenvalue weighted by atomic mass is 32.2. The first-order valence-corrected chi connectivity index (χ1v) is 10.3. The van der Waals surface area contributed by atoms with E-state index in [0.717, 1.165) is 0 Å². The van der Waals surface area contributed by atoms with Gasteiger partial charge in [-0.1, -0.05) is 23.9 Å². The van der Waals surface area contributed by atoms with Crippen molar-refractivity contribution in [2.45, 2.75) is 17.2 Å². The van der Waals surface area contributed by atoms with Crippen LogP contribution in [-0.4, -0.2) is 35.3 Å². The van der Waals surface area contributed by atoms with Gasteiger partial charge in [0.1, 0.15) is 46.7 Å². The van der Waals surface area contributed by atoms with Crippen molar-refractivity contribution in [2.24, 2.45) is 0 Å². The van der Waals surface area contributed by atoms with Gasteiger partial charge in [-0.15, -0.1) is 0 Å². The van der Waals surface area contributed by atoms with Crippen molar-refractivity contribution in [1.29, 1.82) is 10.5 Å². The number of benzene rings is 1. The first-order chi connectivity index (χ1) is 15.1. The van der Waals surface area contributed by atoms with Crippen molar-refractivity contribution in [3.63, 3.8) is 0 Å². The topological polar surface area (TPSA) is 131 Å². The Bertz CT molecular complexity index is 1120. The third kappa shape index (κ3) is 5.10. The molecule has 2 heterocycles. The molecule has 0 fully saturated rings. The van der Waals surface area contributed by atoms with Gasteiger partial charge in [0.15, 0.2) is 0 Å². The van der Waals surface area contributed by atoms with Crippen LogP contribution >= 0.6 is 11.8 Å². The minimum Gasteiger partial charge on any atom is -0.491 e. The minimum atomic E-state index is -0.169. The van der Waals surface area contributed by atoms with Gasteiger partial charge < -0.3 is 15.2 Å². The van der Waals surface area contributed by atoms with Crippen molar-refractivity contribution < 1.29 is 9.47 Å². The van der Waals surface area contributed by atoms with Gasteiger partial charge in [-0.25, -0.2) is 15.0 Å². The highest BCUT2D eigenvalue weighted by Gasteiger charge is 2.23. The molecule has 9 heteroatoms. The summed E-state index contributed by atoms with van der Waals surface area (Å²) in [5.41, 5.74) is 7.66. The first-order valence-electron chi connectivity index (χ1n) is 9.38. The monoisotopic (exact) mass is 432 g/mol. The van der Waals surface area contributed by atoms with Crippen LogP contribution in [-0.2, 0) is 4.74 Å². The fourth-order valence-corrected chi connectivity index (χ4v) is 3.85. The van der Waals surface area contributed by atoms with Gasteiger partial charge in [0.25, 0.3) is 0 Å². The molecule has 3 rings (SSSR count). The lowest BCUT2D eigenvalue weighted by atomic mass is 9.97. The number of thioether (sulfide) groups is 1. The number of nitrogens with two attached hydrogens (primary N) is 1. The third-order valence-corrected chi connectivity index (χ3v) is 5.44. The molecule has 0 aliphatic carbocycles. The van der Waals surface area contributed by atoms with Crippen molar-refractivity contribution in [2.75, 3.05) is 26.1 Å².